The molecule has 0 aliphatic rings. The lowest BCUT2D eigenvalue weighted by molar-refractivity contribution is -0.123. The van der Waals surface area contributed by atoms with Crippen LogP contribution in [-0.4, -0.2) is 43.5 Å². The van der Waals surface area contributed by atoms with Crippen molar-refractivity contribution >= 4 is 23.4 Å². The molecule has 8 nitrogen and oxygen atoms in total. The predicted molar refractivity (Wildman–Crippen MR) is 123 cm³/mol. The summed E-state index contributed by atoms with van der Waals surface area (Å²) < 4.78 is 10.9. The standard InChI is InChI=1S/C24H31N3O5/c1-5-25-21(28)15-32-18-13-11-17(12-14-18)26-24(30)22(16(3)4)27-23(29)19-9-7-8-10-20(19)31-6-2/h7-14,16,22H,5-6,15H2,1-4H3,(H,25,28)(H,26,30)(H,27,29)/t22-/m0/s1. The molecule has 32 heavy (non-hydrogen) atoms. The first-order chi connectivity index (χ1) is 15.3. The van der Waals surface area contributed by atoms with Gasteiger partial charge in [0.25, 0.3) is 11.8 Å². The smallest absolute Gasteiger partial charge is 0.257 e. The van der Waals surface area contributed by atoms with Crippen molar-refractivity contribution in [2.75, 3.05) is 25.1 Å². The van der Waals surface area contributed by atoms with Crippen molar-refractivity contribution < 1.29 is 23.9 Å². The number of carbonyl (C=O) groups is 3. The molecule has 0 saturated heterocycles. The quantitative estimate of drug-likeness (QED) is 0.497. The van der Waals surface area contributed by atoms with Crippen LogP contribution in [0.3, 0.4) is 0 Å². The summed E-state index contributed by atoms with van der Waals surface area (Å²) in [6, 6.07) is 12.9. The molecule has 3 amide bonds. The van der Waals surface area contributed by atoms with E-state index in [2.05, 4.69) is 16.0 Å². The minimum atomic E-state index is -0.745. The van der Waals surface area contributed by atoms with Gasteiger partial charge in [-0.05, 0) is 56.2 Å². The van der Waals surface area contributed by atoms with Gasteiger partial charge in [-0.15, -0.1) is 0 Å². The summed E-state index contributed by atoms with van der Waals surface area (Å²) in [6.07, 6.45) is 0. The fourth-order valence-corrected chi connectivity index (χ4v) is 2.94. The molecule has 0 fully saturated rings. The number of ether oxygens (including phenoxy) is 2. The Bertz CT molecular complexity index is 912. The first-order valence-electron chi connectivity index (χ1n) is 10.7. The number of para-hydroxylation sites is 1. The lowest BCUT2D eigenvalue weighted by Gasteiger charge is -2.22. The molecule has 3 N–H and O–H groups in total. The van der Waals surface area contributed by atoms with Gasteiger partial charge in [0.2, 0.25) is 5.91 Å². The van der Waals surface area contributed by atoms with Gasteiger partial charge in [-0.1, -0.05) is 26.0 Å². The number of amides is 3. The van der Waals surface area contributed by atoms with Crippen LogP contribution in [0.4, 0.5) is 5.69 Å². The third-order valence-electron chi connectivity index (χ3n) is 4.53. The third kappa shape index (κ3) is 7.30. The van der Waals surface area contributed by atoms with Gasteiger partial charge in [-0.3, -0.25) is 14.4 Å². The third-order valence-corrected chi connectivity index (χ3v) is 4.53. The molecule has 0 spiro atoms. The predicted octanol–water partition coefficient (Wildman–Crippen LogP) is 2.99. The molecule has 0 aliphatic carbocycles. The summed E-state index contributed by atoms with van der Waals surface area (Å²) in [5.41, 5.74) is 0.927. The Balaban J connectivity index is 2.01. The minimum Gasteiger partial charge on any atom is -0.493 e. The second-order valence-corrected chi connectivity index (χ2v) is 7.38. The van der Waals surface area contributed by atoms with Crippen molar-refractivity contribution in [3.05, 3.63) is 54.1 Å². The first kappa shape index (κ1) is 24.7. The molecule has 0 aliphatic heterocycles. The summed E-state index contributed by atoms with van der Waals surface area (Å²) in [5.74, 6) is -0.0754. The molecule has 0 unspecified atom stereocenters. The van der Waals surface area contributed by atoms with Gasteiger partial charge < -0.3 is 25.4 Å². The summed E-state index contributed by atoms with van der Waals surface area (Å²) >= 11 is 0. The summed E-state index contributed by atoms with van der Waals surface area (Å²) in [5, 5.41) is 8.27. The molecular formula is C24H31N3O5. The van der Waals surface area contributed by atoms with Gasteiger partial charge >= 0.3 is 0 Å². The first-order valence-corrected chi connectivity index (χ1v) is 10.7. The molecular weight excluding hydrogens is 410 g/mol. The number of nitrogens with one attached hydrogen (secondary N) is 3. The van der Waals surface area contributed by atoms with E-state index in [4.69, 9.17) is 9.47 Å². The van der Waals surface area contributed by atoms with Crippen LogP contribution in [0.25, 0.3) is 0 Å². The van der Waals surface area contributed by atoms with E-state index < -0.39 is 6.04 Å². The second kappa shape index (κ2) is 12.3. The zero-order valence-electron chi connectivity index (χ0n) is 18.9. The maximum Gasteiger partial charge on any atom is 0.257 e. The van der Waals surface area contributed by atoms with Crippen LogP contribution in [0.1, 0.15) is 38.1 Å². The van der Waals surface area contributed by atoms with E-state index in [9.17, 15) is 14.4 Å². The molecule has 0 bridgehead atoms. The van der Waals surface area contributed by atoms with Crippen LogP contribution >= 0.6 is 0 Å². The average molecular weight is 442 g/mol. The number of rotatable bonds is 11. The van der Waals surface area contributed by atoms with Crippen LogP contribution < -0.4 is 25.4 Å². The van der Waals surface area contributed by atoms with Crippen molar-refractivity contribution in [1.82, 2.24) is 10.6 Å². The minimum absolute atomic E-state index is 0.0791. The topological polar surface area (TPSA) is 106 Å². The highest BCUT2D eigenvalue weighted by Crippen LogP contribution is 2.19. The zero-order valence-corrected chi connectivity index (χ0v) is 18.9. The van der Waals surface area contributed by atoms with E-state index in [1.807, 2.05) is 27.7 Å². The molecule has 0 aromatic heterocycles. The van der Waals surface area contributed by atoms with Crippen LogP contribution in [-0.2, 0) is 9.59 Å². The van der Waals surface area contributed by atoms with Crippen molar-refractivity contribution in [3.63, 3.8) is 0 Å². The van der Waals surface area contributed by atoms with Gasteiger partial charge in [-0.2, -0.15) is 0 Å². The molecule has 1 atom stereocenters. The fourth-order valence-electron chi connectivity index (χ4n) is 2.94. The molecule has 2 aromatic rings. The highest BCUT2D eigenvalue weighted by Gasteiger charge is 2.26. The molecule has 2 rings (SSSR count). The largest absolute Gasteiger partial charge is 0.493 e. The maximum atomic E-state index is 12.9. The van der Waals surface area contributed by atoms with Crippen LogP contribution in [0.2, 0.25) is 0 Å². The van der Waals surface area contributed by atoms with Crippen LogP contribution in [0, 0.1) is 5.92 Å². The number of anilines is 1. The Labute approximate surface area is 188 Å². The molecule has 172 valence electrons. The highest BCUT2D eigenvalue weighted by molar-refractivity contribution is 6.02. The lowest BCUT2D eigenvalue weighted by atomic mass is 10.0. The number of hydrogen-bond acceptors (Lipinski definition) is 5. The fraction of sp³-hybridized carbons (Fsp3) is 0.375. The number of likely N-dealkylation sites (N-methyl/N-ethyl adjacent to an activating group) is 1. The van der Waals surface area contributed by atoms with E-state index in [1.165, 1.54) is 0 Å². The number of carbonyl (C=O) groups excluding carboxylic acids is 3. The van der Waals surface area contributed by atoms with E-state index in [0.717, 1.165) is 0 Å². The van der Waals surface area contributed by atoms with E-state index >= 15 is 0 Å². The van der Waals surface area contributed by atoms with Gasteiger partial charge in [0.1, 0.15) is 17.5 Å². The Kier molecular flexibility index (Phi) is 9.53. The Morgan fingerprint density at radius 2 is 1.62 bits per heavy atom. The summed E-state index contributed by atoms with van der Waals surface area (Å²) in [7, 11) is 0. The molecule has 0 radical (unpaired) electrons. The van der Waals surface area contributed by atoms with Gasteiger partial charge in [0.05, 0.1) is 12.2 Å². The van der Waals surface area contributed by atoms with Crippen LogP contribution in [0.15, 0.2) is 48.5 Å². The zero-order chi connectivity index (χ0) is 23.5. The molecule has 2 aromatic carbocycles. The van der Waals surface area contributed by atoms with E-state index in [0.29, 0.717) is 35.9 Å². The summed E-state index contributed by atoms with van der Waals surface area (Å²) in [6.45, 7) is 8.29. The Morgan fingerprint density at radius 1 is 0.938 bits per heavy atom. The van der Waals surface area contributed by atoms with Crippen LogP contribution in [0.5, 0.6) is 11.5 Å². The molecule has 8 heteroatoms. The SMILES string of the molecule is CCNC(=O)COc1ccc(NC(=O)[C@@H](NC(=O)c2ccccc2OCC)C(C)C)cc1. The Morgan fingerprint density at radius 3 is 2.25 bits per heavy atom. The normalized spacial score (nSPS) is 11.4. The van der Waals surface area contributed by atoms with Crippen molar-refractivity contribution in [2.45, 2.75) is 33.7 Å². The van der Waals surface area contributed by atoms with E-state index in [-0.39, 0.29) is 30.2 Å². The van der Waals surface area contributed by atoms with E-state index in [1.54, 1.807) is 48.5 Å². The molecule has 0 heterocycles. The second-order valence-electron chi connectivity index (χ2n) is 7.38. The maximum absolute atomic E-state index is 12.9. The monoisotopic (exact) mass is 441 g/mol. The highest BCUT2D eigenvalue weighted by atomic mass is 16.5. The van der Waals surface area contributed by atoms with Crippen molar-refractivity contribution in [3.8, 4) is 11.5 Å². The summed E-state index contributed by atoms with van der Waals surface area (Å²) in [4.78, 5) is 37.2. The van der Waals surface area contributed by atoms with Crippen molar-refractivity contribution in [2.24, 2.45) is 5.92 Å². The van der Waals surface area contributed by atoms with Crippen molar-refractivity contribution in [1.29, 1.82) is 0 Å². The van der Waals surface area contributed by atoms with Gasteiger partial charge in [-0.25, -0.2) is 0 Å². The van der Waals surface area contributed by atoms with Gasteiger partial charge in [0.15, 0.2) is 6.61 Å². The number of benzene rings is 2. The Hall–Kier alpha value is -3.55. The average Bonchev–Trinajstić information content (AvgIpc) is 2.77. The lowest BCUT2D eigenvalue weighted by Crippen LogP contribution is -2.47. The number of hydrogen-bond donors (Lipinski definition) is 3. The molecule has 0 saturated carbocycles. The van der Waals surface area contributed by atoms with Gasteiger partial charge in [0, 0.05) is 12.2 Å².